The first-order valence-electron chi connectivity index (χ1n) is 23.3. The Balaban J connectivity index is 0.000000190. The highest BCUT2D eigenvalue weighted by Gasteiger charge is 2.26. The minimum atomic E-state index is -0.583. The normalized spacial score (nSPS) is 10.5. The van der Waals surface area contributed by atoms with Crippen LogP contribution in [0.15, 0.2) is 211 Å². The maximum atomic E-state index is 13.2. The Labute approximate surface area is 466 Å². The average Bonchev–Trinajstić information content (AvgIpc) is 3.42. The molecule has 75 heavy (non-hydrogen) atoms. The van der Waals surface area contributed by atoms with Crippen LogP contribution < -0.4 is 14.2 Å². The molecule has 0 bridgehead atoms. The Bertz CT molecular complexity index is 3340. The Morgan fingerprint density at radius 1 is 0.347 bits per heavy atom. The molecule has 0 heterocycles. The molecule has 0 saturated heterocycles. The molecular weight excluding hydrogens is 1060 g/mol. The van der Waals surface area contributed by atoms with Crippen LogP contribution in [0, 0.1) is 59.7 Å². The summed E-state index contributed by atoms with van der Waals surface area (Å²) in [6.45, 7) is 12.0. The van der Waals surface area contributed by atoms with E-state index in [1.54, 1.807) is 120 Å². The maximum Gasteiger partial charge on any atom is 0.343 e. The predicted octanol–water partition coefficient (Wildman–Crippen LogP) is 18.4. The van der Waals surface area contributed by atoms with E-state index in [4.69, 9.17) is 49.0 Å². The number of hydrogen-bond acceptors (Lipinski definition) is 9. The summed E-state index contributed by atoms with van der Waals surface area (Å²) in [5, 5.41) is 1.60. The van der Waals surface area contributed by atoms with E-state index in [0.717, 1.165) is 30.7 Å². The molecule has 0 amide bonds. The molecule has 0 aromatic heterocycles. The number of carbonyl (C=O) groups excluding carboxylic acids is 3. The molecular formula is C63H48Cl3O6S3. The van der Waals surface area contributed by atoms with Crippen LogP contribution >= 0.6 is 70.1 Å². The summed E-state index contributed by atoms with van der Waals surface area (Å²) in [4.78, 5) is 45.1. The van der Waals surface area contributed by atoms with E-state index in [1.165, 1.54) is 20.9 Å². The topological polar surface area (TPSA) is 78.9 Å². The third kappa shape index (κ3) is 15.9. The molecule has 0 aliphatic rings. The SMILES string of the molecule is Cc1ccc(C)c(Sc2c(C)c(C)c(OC(=O)c3ccc(Cl)cc3)c(OC(=O)c3ccc(Cl)cc3)c2C)c1C.O=C(Oc1ccc(Sc2cc[c]cc2)cc1)c1ccc(Cl)cc1.[c]1ccc(Sc2cc[c]cc2)cc1. The first-order chi connectivity index (χ1) is 36.1. The fourth-order valence-corrected chi connectivity index (χ4v) is 10.4. The van der Waals surface area contributed by atoms with Gasteiger partial charge in [-0.25, -0.2) is 14.4 Å². The number of rotatable bonds is 12. The summed E-state index contributed by atoms with van der Waals surface area (Å²) >= 11 is 22.8. The van der Waals surface area contributed by atoms with Crippen LogP contribution in [0.25, 0.3) is 0 Å². The van der Waals surface area contributed by atoms with Gasteiger partial charge in [0, 0.05) is 50.0 Å². The van der Waals surface area contributed by atoms with Crippen LogP contribution in [0.5, 0.6) is 17.2 Å². The zero-order valence-corrected chi connectivity index (χ0v) is 46.3. The van der Waals surface area contributed by atoms with E-state index in [-0.39, 0.29) is 11.5 Å². The Kier molecular flexibility index (Phi) is 20.3. The van der Waals surface area contributed by atoms with Crippen molar-refractivity contribution in [1.29, 1.82) is 0 Å². The predicted molar refractivity (Wildman–Crippen MR) is 305 cm³/mol. The third-order valence-electron chi connectivity index (χ3n) is 11.4. The van der Waals surface area contributed by atoms with Gasteiger partial charge in [0.1, 0.15) is 5.75 Å². The van der Waals surface area contributed by atoms with Gasteiger partial charge in [-0.05, 0) is 221 Å². The van der Waals surface area contributed by atoms with Gasteiger partial charge in [-0.2, -0.15) is 0 Å². The number of esters is 3. The molecule has 3 radical (unpaired) electrons. The van der Waals surface area contributed by atoms with Crippen LogP contribution in [0.3, 0.4) is 0 Å². The summed E-state index contributed by atoms with van der Waals surface area (Å²) in [6.07, 6.45) is 0. The molecule has 0 fully saturated rings. The van der Waals surface area contributed by atoms with Crippen molar-refractivity contribution < 1.29 is 28.6 Å². The number of carbonyl (C=O) groups is 3. The van der Waals surface area contributed by atoms with Crippen molar-refractivity contribution in [2.45, 2.75) is 70.9 Å². The summed E-state index contributed by atoms with van der Waals surface area (Å²) in [5.41, 5.74) is 6.98. The van der Waals surface area contributed by atoms with Gasteiger partial charge in [-0.1, -0.05) is 119 Å². The molecule has 9 rings (SSSR count). The second-order valence-corrected chi connectivity index (χ2v) is 21.3. The van der Waals surface area contributed by atoms with Gasteiger partial charge in [0.2, 0.25) is 0 Å². The lowest BCUT2D eigenvalue weighted by molar-refractivity contribution is 0.0679. The lowest BCUT2D eigenvalue weighted by Crippen LogP contribution is -2.15. The van der Waals surface area contributed by atoms with E-state index in [0.29, 0.717) is 48.6 Å². The molecule has 0 aliphatic carbocycles. The maximum absolute atomic E-state index is 13.2. The van der Waals surface area contributed by atoms with Gasteiger partial charge in [-0.15, -0.1) is 0 Å². The zero-order valence-electron chi connectivity index (χ0n) is 41.6. The molecule has 0 aliphatic heterocycles. The summed E-state index contributed by atoms with van der Waals surface area (Å²) in [5.74, 6) is -0.653. The van der Waals surface area contributed by atoms with E-state index in [1.807, 2.05) is 81.4 Å². The monoisotopic (exact) mass is 1100 g/mol. The first-order valence-corrected chi connectivity index (χ1v) is 26.9. The summed E-state index contributed by atoms with van der Waals surface area (Å²) < 4.78 is 17.2. The minimum absolute atomic E-state index is 0.200. The van der Waals surface area contributed by atoms with Crippen LogP contribution in [0.1, 0.15) is 64.5 Å². The van der Waals surface area contributed by atoms with E-state index in [2.05, 4.69) is 75.4 Å². The number of hydrogen-bond donors (Lipinski definition) is 0. The molecule has 375 valence electrons. The molecule has 0 saturated carbocycles. The zero-order chi connectivity index (χ0) is 53.4. The Hall–Kier alpha value is -6.69. The molecule has 0 unspecified atom stereocenters. The molecule has 0 atom stereocenters. The lowest BCUT2D eigenvalue weighted by atomic mass is 10.0. The summed E-state index contributed by atoms with van der Waals surface area (Å²) in [7, 11) is 0. The van der Waals surface area contributed by atoms with Crippen LogP contribution in [-0.2, 0) is 0 Å². The smallest absolute Gasteiger partial charge is 0.343 e. The van der Waals surface area contributed by atoms with Gasteiger partial charge >= 0.3 is 17.9 Å². The summed E-state index contributed by atoms with van der Waals surface area (Å²) in [6, 6.07) is 63.8. The van der Waals surface area contributed by atoms with E-state index < -0.39 is 17.9 Å². The van der Waals surface area contributed by atoms with Crippen molar-refractivity contribution in [2.75, 3.05) is 0 Å². The molecule has 9 aromatic carbocycles. The second kappa shape index (κ2) is 27.2. The number of ether oxygens (including phenoxy) is 3. The standard InChI is InChI=1S/C32H28Cl2O4S.C19H12ClO2S.C12H8S/c1-17-7-8-18(2)29(19(17)3)39-30-21(5)20(4)27(37-31(35)23-9-13-25(33)14-10-23)28(22(30)6)38-32(36)24-11-15-26(34)16-12-24;20-15-8-6-14(7-9-15)19(21)22-16-10-12-18(13-11-16)23-17-4-2-1-3-5-17;1-3-7-11(8-4-1)13-12-9-5-2-6-10-12/h7-16H,1-6H3;2-13H;3-10H. The largest absolute Gasteiger partial charge is 0.423 e. The van der Waals surface area contributed by atoms with Gasteiger partial charge in [0.15, 0.2) is 11.5 Å². The van der Waals surface area contributed by atoms with Crippen LogP contribution in [0.2, 0.25) is 15.1 Å². The number of benzene rings is 9. The van der Waals surface area contributed by atoms with Gasteiger partial charge in [0.25, 0.3) is 0 Å². The lowest BCUT2D eigenvalue weighted by Gasteiger charge is -2.22. The van der Waals surface area contributed by atoms with E-state index in [9.17, 15) is 14.4 Å². The van der Waals surface area contributed by atoms with Crippen molar-refractivity contribution in [2.24, 2.45) is 0 Å². The fourth-order valence-electron chi connectivity index (χ4n) is 7.04. The van der Waals surface area contributed by atoms with Crippen molar-refractivity contribution in [3.8, 4) is 17.2 Å². The molecule has 0 spiro atoms. The van der Waals surface area contributed by atoms with Gasteiger partial charge < -0.3 is 14.2 Å². The first kappa shape index (κ1) is 56.0. The van der Waals surface area contributed by atoms with Crippen LogP contribution in [0.4, 0.5) is 0 Å². The average molecular weight is 1100 g/mol. The van der Waals surface area contributed by atoms with Crippen molar-refractivity contribution in [3.05, 3.63) is 265 Å². The highest BCUT2D eigenvalue weighted by molar-refractivity contribution is 8.00. The highest BCUT2D eigenvalue weighted by Crippen LogP contribution is 2.47. The van der Waals surface area contributed by atoms with Gasteiger partial charge in [0.05, 0.1) is 16.7 Å². The van der Waals surface area contributed by atoms with Crippen LogP contribution in [-0.4, -0.2) is 17.9 Å². The van der Waals surface area contributed by atoms with Crippen molar-refractivity contribution in [3.63, 3.8) is 0 Å². The molecule has 0 N–H and O–H groups in total. The van der Waals surface area contributed by atoms with Crippen molar-refractivity contribution >= 4 is 88.0 Å². The number of aryl methyl sites for hydroxylation is 2. The molecule has 6 nitrogen and oxygen atoms in total. The minimum Gasteiger partial charge on any atom is -0.423 e. The van der Waals surface area contributed by atoms with Gasteiger partial charge in [-0.3, -0.25) is 0 Å². The quantitative estimate of drug-likeness (QED) is 0.0878. The Morgan fingerprint density at radius 2 is 0.693 bits per heavy atom. The fraction of sp³-hybridized carbons (Fsp3) is 0.0952. The Morgan fingerprint density at radius 3 is 1.09 bits per heavy atom. The third-order valence-corrected chi connectivity index (χ3v) is 15.8. The second-order valence-electron chi connectivity index (χ2n) is 16.7. The van der Waals surface area contributed by atoms with E-state index >= 15 is 0 Å². The molecule has 12 heteroatoms. The molecule has 9 aromatic rings. The highest BCUT2D eigenvalue weighted by atomic mass is 35.5. The van der Waals surface area contributed by atoms with Crippen molar-refractivity contribution in [1.82, 2.24) is 0 Å². The number of halogens is 3.